The number of benzene rings is 3. The Morgan fingerprint density at radius 2 is 1.76 bits per heavy atom. The molecule has 0 bridgehead atoms. The number of nitrogens with one attached hydrogen (secondary N) is 3. The third kappa shape index (κ3) is 9.26. The van der Waals surface area contributed by atoms with E-state index in [0.717, 1.165) is 68.2 Å². The van der Waals surface area contributed by atoms with Gasteiger partial charge in [-0.2, -0.15) is 0 Å². The highest BCUT2D eigenvalue weighted by atomic mass is 32.2. The van der Waals surface area contributed by atoms with E-state index in [4.69, 9.17) is 10.3 Å². The van der Waals surface area contributed by atoms with E-state index in [9.17, 15) is 13.6 Å². The van der Waals surface area contributed by atoms with Gasteiger partial charge in [-0.25, -0.2) is 13.6 Å². The molecule has 0 saturated heterocycles. The summed E-state index contributed by atoms with van der Waals surface area (Å²) in [6.07, 6.45) is 6.87. The highest BCUT2D eigenvalue weighted by Gasteiger charge is 2.21. The molecule has 226 valence electrons. The third-order valence-corrected chi connectivity index (χ3v) is 8.42. The quantitative estimate of drug-likeness (QED) is 0.0963. The van der Waals surface area contributed by atoms with Crippen LogP contribution in [0.15, 0.2) is 60.7 Å². The molecular formula is C33H42F2N4O2S. The molecule has 4 rings (SSSR count). The number of rotatable bonds is 15. The molecule has 0 aliphatic heterocycles. The number of hydrogen-bond donors (Lipinski definition) is 5. The summed E-state index contributed by atoms with van der Waals surface area (Å²) < 4.78 is 37.5. The normalized spacial score (nSPS) is 14.7. The summed E-state index contributed by atoms with van der Waals surface area (Å²) in [5, 5.41) is 9.37. The molecular weight excluding hydrogens is 554 g/mol. The van der Waals surface area contributed by atoms with Gasteiger partial charge in [0.15, 0.2) is 0 Å². The van der Waals surface area contributed by atoms with E-state index in [2.05, 4.69) is 35.0 Å². The average molecular weight is 597 g/mol. The number of carbonyl (C=O) groups excluding carboxylic acids is 1. The van der Waals surface area contributed by atoms with Gasteiger partial charge < -0.3 is 26.2 Å². The van der Waals surface area contributed by atoms with Gasteiger partial charge in [0, 0.05) is 29.1 Å². The minimum absolute atomic E-state index is 0.0771. The average Bonchev–Trinajstić information content (AvgIpc) is 3.44. The Labute approximate surface area is 252 Å². The van der Waals surface area contributed by atoms with Crippen molar-refractivity contribution >= 4 is 23.8 Å². The smallest absolute Gasteiger partial charge is 0.319 e. The fourth-order valence-corrected chi connectivity index (χ4v) is 5.83. The molecule has 0 saturated carbocycles. The van der Waals surface area contributed by atoms with Gasteiger partial charge in [0.1, 0.15) is 11.6 Å². The van der Waals surface area contributed by atoms with E-state index in [1.165, 1.54) is 29.3 Å². The van der Waals surface area contributed by atoms with E-state index in [1.807, 2.05) is 6.07 Å². The highest BCUT2D eigenvalue weighted by Crippen LogP contribution is 2.29. The van der Waals surface area contributed by atoms with Gasteiger partial charge in [0.05, 0.1) is 6.04 Å². The number of nitrogens with two attached hydrogens (primary N) is 1. The Morgan fingerprint density at radius 3 is 2.55 bits per heavy atom. The van der Waals surface area contributed by atoms with E-state index >= 15 is 0 Å². The van der Waals surface area contributed by atoms with Crippen molar-refractivity contribution in [3.63, 3.8) is 0 Å². The molecule has 0 radical (unpaired) electrons. The molecule has 9 heteroatoms. The van der Waals surface area contributed by atoms with Crippen molar-refractivity contribution in [1.82, 2.24) is 10.6 Å². The highest BCUT2D eigenvalue weighted by molar-refractivity contribution is 7.93. The molecule has 42 heavy (non-hydrogen) atoms. The molecule has 3 atom stereocenters. The van der Waals surface area contributed by atoms with Crippen LogP contribution >= 0.6 is 12.0 Å². The number of hydrogen-bond acceptors (Lipinski definition) is 5. The SMILES string of the molecule is CC(CCc1c(F)cccc1NC(=O)NC(c1ccc(F)cc1)c1ccc2c(c1)CCC2)NCCC(N)CCCSO. The van der Waals surface area contributed by atoms with Crippen LogP contribution in [-0.4, -0.2) is 35.0 Å². The minimum atomic E-state index is -0.494. The molecule has 3 aromatic carbocycles. The van der Waals surface area contributed by atoms with Crippen LogP contribution in [0.5, 0.6) is 0 Å². The molecule has 0 heterocycles. The largest absolute Gasteiger partial charge is 0.330 e. The van der Waals surface area contributed by atoms with Crippen LogP contribution in [0.1, 0.15) is 72.9 Å². The molecule has 1 aliphatic carbocycles. The Morgan fingerprint density at radius 1 is 1.00 bits per heavy atom. The summed E-state index contributed by atoms with van der Waals surface area (Å²) in [6.45, 7) is 2.81. The van der Waals surface area contributed by atoms with Gasteiger partial charge in [-0.05, 0) is 123 Å². The van der Waals surface area contributed by atoms with Crippen molar-refractivity contribution in [1.29, 1.82) is 0 Å². The first-order valence-electron chi connectivity index (χ1n) is 14.8. The number of halogens is 2. The summed E-state index contributed by atoms with van der Waals surface area (Å²) in [5.74, 6) is -0.0169. The number of aryl methyl sites for hydroxylation is 2. The predicted molar refractivity (Wildman–Crippen MR) is 168 cm³/mol. The van der Waals surface area contributed by atoms with Gasteiger partial charge >= 0.3 is 6.03 Å². The maximum atomic E-state index is 15.0. The fourth-order valence-electron chi connectivity index (χ4n) is 5.54. The molecule has 3 unspecified atom stereocenters. The Kier molecular flexibility index (Phi) is 12.2. The Bertz CT molecular complexity index is 1310. The second-order valence-corrected chi connectivity index (χ2v) is 11.8. The van der Waals surface area contributed by atoms with Crippen molar-refractivity contribution in [2.45, 2.75) is 76.4 Å². The minimum Gasteiger partial charge on any atom is -0.330 e. The molecule has 0 spiro atoms. The number of anilines is 1. The first-order chi connectivity index (χ1) is 20.3. The van der Waals surface area contributed by atoms with Crippen molar-refractivity contribution in [3.05, 3.63) is 100 Å². The standard InChI is InChI=1S/C33H42F2N4O2S/c1-22(37-19-18-28(36)7-4-20-42-41)10-17-29-30(35)8-3-9-31(29)38-33(40)39-32(24-13-15-27(34)16-14-24)26-12-11-23-5-2-6-25(23)21-26/h3,8-9,11-16,21-22,28,32,37,41H,2,4-7,10,17-20,36H2,1H3,(H2,38,39,40). The topological polar surface area (TPSA) is 99.4 Å². The van der Waals surface area contributed by atoms with E-state index in [1.54, 1.807) is 24.3 Å². The van der Waals surface area contributed by atoms with Gasteiger partial charge in [-0.1, -0.05) is 36.4 Å². The summed E-state index contributed by atoms with van der Waals surface area (Å²) >= 11 is 0.843. The van der Waals surface area contributed by atoms with Crippen LogP contribution in [-0.2, 0) is 19.3 Å². The lowest BCUT2D eigenvalue weighted by molar-refractivity contribution is 0.250. The molecule has 3 aromatic rings. The van der Waals surface area contributed by atoms with Crippen LogP contribution in [0.2, 0.25) is 0 Å². The Hall–Kier alpha value is -2.98. The first kappa shape index (κ1) is 31.9. The van der Waals surface area contributed by atoms with Crippen molar-refractivity contribution in [2.24, 2.45) is 5.73 Å². The van der Waals surface area contributed by atoms with E-state index < -0.39 is 12.1 Å². The van der Waals surface area contributed by atoms with Gasteiger partial charge in [0.2, 0.25) is 0 Å². The maximum absolute atomic E-state index is 15.0. The molecule has 6 nitrogen and oxygen atoms in total. The molecule has 2 amide bonds. The van der Waals surface area contributed by atoms with Gasteiger partial charge in [0.25, 0.3) is 0 Å². The van der Waals surface area contributed by atoms with Crippen LogP contribution in [0.4, 0.5) is 19.3 Å². The van der Waals surface area contributed by atoms with E-state index in [-0.39, 0.29) is 23.7 Å². The summed E-state index contributed by atoms with van der Waals surface area (Å²) in [7, 11) is 0. The van der Waals surface area contributed by atoms with Crippen LogP contribution in [0, 0.1) is 11.6 Å². The van der Waals surface area contributed by atoms with Crippen LogP contribution in [0.25, 0.3) is 0 Å². The Balaban J connectivity index is 1.38. The zero-order valence-corrected chi connectivity index (χ0v) is 25.0. The summed E-state index contributed by atoms with van der Waals surface area (Å²) in [5.41, 5.74) is 11.3. The number of urea groups is 1. The number of amides is 2. The lowest BCUT2D eigenvalue weighted by atomic mass is 9.95. The summed E-state index contributed by atoms with van der Waals surface area (Å²) in [6, 6.07) is 16.3. The van der Waals surface area contributed by atoms with Gasteiger partial charge in [-0.15, -0.1) is 0 Å². The summed E-state index contributed by atoms with van der Waals surface area (Å²) in [4.78, 5) is 13.3. The lowest BCUT2D eigenvalue weighted by Crippen LogP contribution is -2.34. The van der Waals surface area contributed by atoms with Crippen LogP contribution < -0.4 is 21.7 Å². The maximum Gasteiger partial charge on any atom is 0.319 e. The molecule has 0 fully saturated rings. The first-order valence-corrected chi connectivity index (χ1v) is 15.8. The predicted octanol–water partition coefficient (Wildman–Crippen LogP) is 6.98. The zero-order chi connectivity index (χ0) is 29.9. The second kappa shape index (κ2) is 16.0. The second-order valence-electron chi connectivity index (χ2n) is 11.1. The van der Waals surface area contributed by atoms with Crippen LogP contribution in [0.3, 0.4) is 0 Å². The molecule has 0 aromatic heterocycles. The zero-order valence-electron chi connectivity index (χ0n) is 24.2. The lowest BCUT2D eigenvalue weighted by Gasteiger charge is -2.22. The van der Waals surface area contributed by atoms with Crippen molar-refractivity contribution < 1.29 is 18.1 Å². The number of carbonyl (C=O) groups is 1. The number of fused-ring (bicyclic) bond motifs is 1. The van der Waals surface area contributed by atoms with E-state index in [0.29, 0.717) is 29.8 Å². The van der Waals surface area contributed by atoms with Crippen molar-refractivity contribution in [3.8, 4) is 0 Å². The van der Waals surface area contributed by atoms with Gasteiger partial charge in [-0.3, -0.25) is 0 Å². The third-order valence-electron chi connectivity index (χ3n) is 7.95. The molecule has 1 aliphatic rings. The molecule has 6 N–H and O–H groups in total. The monoisotopic (exact) mass is 596 g/mol. The van der Waals surface area contributed by atoms with Crippen molar-refractivity contribution in [2.75, 3.05) is 17.6 Å². The fraction of sp³-hybridized carbons (Fsp3) is 0.424.